The van der Waals surface area contributed by atoms with Crippen LogP contribution in [0.4, 0.5) is 0 Å². The number of allylic oxidation sites excluding steroid dienone is 2. The average Bonchev–Trinajstić information content (AvgIpc) is 3.34. The number of aryl methyl sites for hydroxylation is 2. The highest BCUT2D eigenvalue weighted by Gasteiger charge is 2.29. The standard InChI is InChI=1S/C39H54N2/c1-4-7-9-10-11-12-13-14-15-16-17-18-19-20-21-27-35-28-22-23-30-37(35)39-34(6-3)32-38(41(39)40)36-29-24-26-33(31-36)25-8-5-2/h22-24,26,28-32H,4-17,20-21,25,27H2,1-3H3. The summed E-state index contributed by atoms with van der Waals surface area (Å²) in [7, 11) is 0. The van der Waals surface area contributed by atoms with Crippen molar-refractivity contribution < 1.29 is 4.70 Å². The first-order valence-electron chi connectivity index (χ1n) is 16.8. The number of hydrogen-bond acceptors (Lipinski definition) is 0. The minimum Gasteiger partial charge on any atom is -0.493 e. The van der Waals surface area contributed by atoms with E-state index < -0.39 is 0 Å². The van der Waals surface area contributed by atoms with Crippen LogP contribution in [-0.2, 0) is 12.8 Å². The molecule has 0 fully saturated rings. The Hall–Kier alpha value is -2.92. The highest BCUT2D eigenvalue weighted by atomic mass is 15.2. The summed E-state index contributed by atoms with van der Waals surface area (Å²) in [6, 6.07) is 17.2. The van der Waals surface area contributed by atoms with Crippen LogP contribution in [0.15, 0.2) is 60.2 Å². The molecule has 2 heteroatoms. The van der Waals surface area contributed by atoms with Gasteiger partial charge < -0.3 is 5.53 Å². The zero-order valence-electron chi connectivity index (χ0n) is 26.3. The number of rotatable bonds is 19. The molecule has 2 aromatic carbocycles. The lowest BCUT2D eigenvalue weighted by Gasteiger charge is -2.13. The number of benzene rings is 2. The van der Waals surface area contributed by atoms with Gasteiger partial charge in [0.25, 0.3) is 0 Å². The van der Waals surface area contributed by atoms with E-state index in [-0.39, 0.29) is 0 Å². The molecule has 2 aromatic rings. The molecule has 3 rings (SSSR count). The van der Waals surface area contributed by atoms with Gasteiger partial charge in [-0.2, -0.15) is 0 Å². The van der Waals surface area contributed by atoms with Crippen LogP contribution in [0, 0.1) is 11.8 Å². The van der Waals surface area contributed by atoms with E-state index in [0.29, 0.717) is 0 Å². The highest BCUT2D eigenvalue weighted by molar-refractivity contribution is 5.79. The molecule has 0 amide bonds. The Kier molecular flexibility index (Phi) is 15.3. The molecule has 0 spiro atoms. The molecule has 0 saturated carbocycles. The zero-order valence-corrected chi connectivity index (χ0v) is 26.3. The number of nitrogens with zero attached hydrogens (tertiary/aromatic N) is 2. The molecule has 1 aliphatic rings. The van der Waals surface area contributed by atoms with E-state index in [1.165, 1.54) is 98.4 Å². The fraction of sp³-hybridized carbons (Fsp3) is 0.538. The molecule has 0 saturated heterocycles. The average molecular weight is 551 g/mol. The maximum Gasteiger partial charge on any atom is 0.211 e. The summed E-state index contributed by atoms with van der Waals surface area (Å²) in [6.07, 6.45) is 24.2. The summed E-state index contributed by atoms with van der Waals surface area (Å²) in [5, 5.41) is 0. The molecule has 0 radical (unpaired) electrons. The van der Waals surface area contributed by atoms with Crippen molar-refractivity contribution >= 4 is 11.4 Å². The molecular formula is C39H54N2. The van der Waals surface area contributed by atoms with Crippen molar-refractivity contribution in [3.05, 3.63) is 88.0 Å². The van der Waals surface area contributed by atoms with Gasteiger partial charge in [-0.05, 0) is 67.9 Å². The molecule has 0 N–H and O–H groups in total. The topological polar surface area (TPSA) is 25.3 Å². The van der Waals surface area contributed by atoms with Crippen LogP contribution >= 0.6 is 0 Å². The minimum absolute atomic E-state index is 0.878. The monoisotopic (exact) mass is 550 g/mol. The smallest absolute Gasteiger partial charge is 0.211 e. The molecule has 0 aromatic heterocycles. The summed E-state index contributed by atoms with van der Waals surface area (Å²) >= 11 is 0. The molecule has 220 valence electrons. The van der Waals surface area contributed by atoms with Crippen molar-refractivity contribution in [3.63, 3.8) is 0 Å². The van der Waals surface area contributed by atoms with Gasteiger partial charge in [-0.3, -0.25) is 0 Å². The zero-order chi connectivity index (χ0) is 29.1. The maximum absolute atomic E-state index is 11.4. The van der Waals surface area contributed by atoms with Gasteiger partial charge in [0, 0.05) is 35.6 Å². The van der Waals surface area contributed by atoms with E-state index in [2.05, 4.69) is 87.2 Å². The van der Waals surface area contributed by atoms with Crippen molar-refractivity contribution in [3.8, 4) is 11.8 Å². The van der Waals surface area contributed by atoms with Crippen LogP contribution in [0.3, 0.4) is 0 Å². The third-order valence-corrected chi connectivity index (χ3v) is 8.28. The van der Waals surface area contributed by atoms with Gasteiger partial charge in [0.1, 0.15) is 0 Å². The summed E-state index contributed by atoms with van der Waals surface area (Å²) < 4.78 is 1.43. The predicted octanol–water partition coefficient (Wildman–Crippen LogP) is 11.9. The van der Waals surface area contributed by atoms with E-state index in [1.54, 1.807) is 0 Å². The van der Waals surface area contributed by atoms with Crippen molar-refractivity contribution in [2.75, 3.05) is 0 Å². The van der Waals surface area contributed by atoms with Crippen molar-refractivity contribution in [1.82, 2.24) is 0 Å². The van der Waals surface area contributed by atoms with E-state index in [1.807, 2.05) is 0 Å². The largest absolute Gasteiger partial charge is 0.493 e. The van der Waals surface area contributed by atoms with Crippen molar-refractivity contribution in [1.29, 1.82) is 0 Å². The molecule has 2 nitrogen and oxygen atoms in total. The second-order valence-electron chi connectivity index (χ2n) is 11.7. The molecule has 0 unspecified atom stereocenters. The fourth-order valence-corrected chi connectivity index (χ4v) is 5.79. The summed E-state index contributed by atoms with van der Waals surface area (Å²) in [6.45, 7) is 6.68. The lowest BCUT2D eigenvalue weighted by molar-refractivity contribution is -0.344. The number of unbranched alkanes of at least 4 members (excludes halogenated alkanes) is 12. The first kappa shape index (κ1) is 32.6. The second kappa shape index (κ2) is 19.2. The Morgan fingerprint density at radius 3 is 2.02 bits per heavy atom. The first-order chi connectivity index (χ1) is 20.2. The van der Waals surface area contributed by atoms with E-state index in [0.717, 1.165) is 61.0 Å². The van der Waals surface area contributed by atoms with E-state index in [4.69, 9.17) is 0 Å². The van der Waals surface area contributed by atoms with Gasteiger partial charge in [-0.15, -0.1) is 11.8 Å². The molecular weight excluding hydrogens is 496 g/mol. The predicted molar refractivity (Wildman–Crippen MR) is 177 cm³/mol. The summed E-state index contributed by atoms with van der Waals surface area (Å²) in [4.78, 5) is 0. The van der Waals surface area contributed by atoms with Crippen LogP contribution in [0.2, 0.25) is 0 Å². The Bertz CT molecular complexity index is 1200. The highest BCUT2D eigenvalue weighted by Crippen LogP contribution is 2.38. The SMILES string of the molecule is CCCCCCCCCCCCC#CCCCc1ccccc1C1=C(CC)C=C(c2cccc(CCCC)c2)[N+]1=[N-]. The number of hydrogen-bond donors (Lipinski definition) is 0. The molecule has 41 heavy (non-hydrogen) atoms. The van der Waals surface area contributed by atoms with Gasteiger partial charge in [-0.1, -0.05) is 115 Å². The second-order valence-corrected chi connectivity index (χ2v) is 11.7. The van der Waals surface area contributed by atoms with E-state index in [9.17, 15) is 5.53 Å². The Labute approximate surface area is 251 Å². The van der Waals surface area contributed by atoms with Gasteiger partial charge in [0.05, 0.1) is 0 Å². The van der Waals surface area contributed by atoms with Crippen LogP contribution in [0.25, 0.3) is 16.9 Å². The quantitative estimate of drug-likeness (QED) is 0.0944. The van der Waals surface area contributed by atoms with Crippen LogP contribution < -0.4 is 0 Å². The van der Waals surface area contributed by atoms with E-state index >= 15 is 0 Å². The minimum atomic E-state index is 0.878. The maximum atomic E-state index is 11.4. The Morgan fingerprint density at radius 1 is 0.659 bits per heavy atom. The normalized spacial score (nSPS) is 13.0. The van der Waals surface area contributed by atoms with Gasteiger partial charge in [0.15, 0.2) is 0 Å². The Balaban J connectivity index is 1.47. The summed E-state index contributed by atoms with van der Waals surface area (Å²) in [5.74, 6) is 6.84. The van der Waals surface area contributed by atoms with Crippen LogP contribution in [0.1, 0.15) is 146 Å². The molecule has 0 bridgehead atoms. The van der Waals surface area contributed by atoms with Crippen molar-refractivity contribution in [2.45, 2.75) is 136 Å². The molecule has 0 aliphatic carbocycles. The fourth-order valence-electron chi connectivity index (χ4n) is 5.79. The lowest BCUT2D eigenvalue weighted by atomic mass is 9.97. The molecule has 1 heterocycles. The summed E-state index contributed by atoms with van der Waals surface area (Å²) in [5.41, 5.74) is 19.3. The van der Waals surface area contributed by atoms with Gasteiger partial charge >= 0.3 is 0 Å². The molecule has 1 aliphatic heterocycles. The first-order valence-corrected chi connectivity index (χ1v) is 16.8. The molecule has 0 atom stereocenters. The van der Waals surface area contributed by atoms with Crippen molar-refractivity contribution in [2.24, 2.45) is 0 Å². The third kappa shape index (κ3) is 10.8. The van der Waals surface area contributed by atoms with Gasteiger partial charge in [-0.25, -0.2) is 4.70 Å². The van der Waals surface area contributed by atoms with Gasteiger partial charge in [0.2, 0.25) is 11.4 Å². The van der Waals surface area contributed by atoms with Crippen LogP contribution in [-0.4, -0.2) is 4.70 Å². The lowest BCUT2D eigenvalue weighted by Crippen LogP contribution is -2.05. The Morgan fingerprint density at radius 2 is 1.32 bits per heavy atom. The third-order valence-electron chi connectivity index (χ3n) is 8.28. The van der Waals surface area contributed by atoms with Crippen LogP contribution in [0.5, 0.6) is 0 Å².